The van der Waals surface area contributed by atoms with E-state index in [0.29, 0.717) is 5.56 Å². The van der Waals surface area contributed by atoms with Crippen molar-refractivity contribution in [3.05, 3.63) is 75.8 Å². The van der Waals surface area contributed by atoms with Crippen molar-refractivity contribution in [2.24, 2.45) is 0 Å². The molecule has 0 bridgehead atoms. The molecular weight excluding hydrogens is 384 g/mol. The van der Waals surface area contributed by atoms with E-state index < -0.39 is 11.9 Å². The summed E-state index contributed by atoms with van der Waals surface area (Å²) in [6, 6.07) is 16.1. The molecule has 4 nitrogen and oxygen atoms in total. The van der Waals surface area contributed by atoms with Crippen LogP contribution in [0.15, 0.2) is 59.1 Å². The number of carbonyl (C=O) groups is 2. The molecule has 0 spiro atoms. The molecule has 0 atom stereocenters. The lowest BCUT2D eigenvalue weighted by Gasteiger charge is -2.10. The Kier molecular flexibility index (Phi) is 4.86. The summed E-state index contributed by atoms with van der Waals surface area (Å²) in [5.41, 5.74) is 1.50. The van der Waals surface area contributed by atoms with Crippen molar-refractivity contribution in [3.63, 3.8) is 0 Å². The van der Waals surface area contributed by atoms with Gasteiger partial charge in [0.1, 0.15) is 11.3 Å². The van der Waals surface area contributed by atoms with E-state index in [1.807, 2.05) is 31.2 Å². The number of halogens is 1. The first-order valence-electron chi connectivity index (χ1n) is 7.58. The minimum absolute atomic E-state index is 0.179. The van der Waals surface area contributed by atoms with Crippen molar-refractivity contribution in [1.82, 2.24) is 0 Å². The van der Waals surface area contributed by atoms with Crippen LogP contribution < -0.4 is 4.74 Å². The Hall–Kier alpha value is -2.66. The van der Waals surface area contributed by atoms with E-state index in [1.54, 1.807) is 30.3 Å². The van der Waals surface area contributed by atoms with Gasteiger partial charge in [0, 0.05) is 4.47 Å². The van der Waals surface area contributed by atoms with Crippen molar-refractivity contribution in [2.45, 2.75) is 6.92 Å². The third-order valence-electron chi connectivity index (χ3n) is 3.78. The zero-order valence-corrected chi connectivity index (χ0v) is 15.3. The summed E-state index contributed by atoms with van der Waals surface area (Å²) < 4.78 is 11.2. The molecule has 0 aliphatic carbocycles. The van der Waals surface area contributed by atoms with Gasteiger partial charge in [-0.2, -0.15) is 0 Å². The first kappa shape index (κ1) is 17.2. The molecule has 0 fully saturated rings. The molecule has 0 heterocycles. The van der Waals surface area contributed by atoms with Crippen LogP contribution in [0.3, 0.4) is 0 Å². The number of aryl methyl sites for hydroxylation is 1. The Morgan fingerprint density at radius 1 is 0.880 bits per heavy atom. The van der Waals surface area contributed by atoms with Gasteiger partial charge in [0.05, 0.1) is 12.7 Å². The van der Waals surface area contributed by atoms with Crippen LogP contribution in [-0.4, -0.2) is 19.0 Å². The molecule has 0 aromatic heterocycles. The van der Waals surface area contributed by atoms with Crippen LogP contribution in [0, 0.1) is 6.92 Å². The third kappa shape index (κ3) is 3.72. The second-order valence-corrected chi connectivity index (χ2v) is 6.50. The summed E-state index contributed by atoms with van der Waals surface area (Å²) in [5, 5.41) is 1.94. The Bertz CT molecular complexity index is 979. The molecule has 5 heteroatoms. The van der Waals surface area contributed by atoms with Gasteiger partial charge >= 0.3 is 11.9 Å². The van der Waals surface area contributed by atoms with Crippen LogP contribution in [0.25, 0.3) is 10.8 Å². The topological polar surface area (TPSA) is 52.6 Å². The number of rotatable bonds is 3. The van der Waals surface area contributed by atoms with Gasteiger partial charge in [-0.15, -0.1) is 0 Å². The summed E-state index contributed by atoms with van der Waals surface area (Å²) in [6.07, 6.45) is 0. The highest BCUT2D eigenvalue weighted by Crippen LogP contribution is 2.24. The van der Waals surface area contributed by atoms with Crippen molar-refractivity contribution < 1.29 is 19.1 Å². The first-order chi connectivity index (χ1) is 12.0. The maximum atomic E-state index is 12.5. The lowest BCUT2D eigenvalue weighted by molar-refractivity contribution is 0.0593. The molecule has 0 aliphatic rings. The minimum Gasteiger partial charge on any atom is -0.465 e. The zero-order chi connectivity index (χ0) is 18.0. The van der Waals surface area contributed by atoms with Crippen molar-refractivity contribution >= 4 is 38.6 Å². The van der Waals surface area contributed by atoms with E-state index >= 15 is 0 Å². The van der Waals surface area contributed by atoms with Gasteiger partial charge in [0.2, 0.25) is 0 Å². The van der Waals surface area contributed by atoms with Crippen molar-refractivity contribution in [3.8, 4) is 5.75 Å². The predicted octanol–water partition coefficient (Wildman–Crippen LogP) is 4.92. The average molecular weight is 399 g/mol. The number of methoxy groups -OCH3 is 1. The number of ether oxygens (including phenoxy) is 2. The van der Waals surface area contributed by atoms with Gasteiger partial charge in [-0.1, -0.05) is 34.1 Å². The lowest BCUT2D eigenvalue weighted by Crippen LogP contribution is -2.12. The fourth-order valence-corrected chi connectivity index (χ4v) is 2.88. The summed E-state index contributed by atoms with van der Waals surface area (Å²) in [4.78, 5) is 24.4. The minimum atomic E-state index is -0.546. The van der Waals surface area contributed by atoms with Crippen molar-refractivity contribution in [1.29, 1.82) is 0 Å². The van der Waals surface area contributed by atoms with E-state index in [2.05, 4.69) is 15.9 Å². The Morgan fingerprint density at radius 2 is 1.60 bits per heavy atom. The second-order valence-electron chi connectivity index (χ2n) is 5.59. The quantitative estimate of drug-likeness (QED) is 0.464. The molecule has 0 amide bonds. The van der Waals surface area contributed by atoms with Crippen LogP contribution in [0.1, 0.15) is 26.3 Å². The third-order valence-corrected chi connectivity index (χ3v) is 4.27. The molecule has 3 aromatic carbocycles. The van der Waals surface area contributed by atoms with Gasteiger partial charge in [0.25, 0.3) is 0 Å². The molecule has 25 heavy (non-hydrogen) atoms. The number of hydrogen-bond acceptors (Lipinski definition) is 4. The standard InChI is InChI=1S/C20H15BrO4/c1-12-3-8-18(17(9-12)20(23)24-2)25-19(22)15-5-4-14-11-16(21)7-6-13(14)10-15/h3-11H,1-2H3. The van der Waals surface area contributed by atoms with Gasteiger partial charge in [-0.25, -0.2) is 9.59 Å². The average Bonchev–Trinajstić information content (AvgIpc) is 2.61. The number of esters is 2. The maximum Gasteiger partial charge on any atom is 0.343 e. The van der Waals surface area contributed by atoms with Crippen LogP contribution in [0.2, 0.25) is 0 Å². The SMILES string of the molecule is COC(=O)c1cc(C)ccc1OC(=O)c1ccc2cc(Br)ccc2c1. The highest BCUT2D eigenvalue weighted by molar-refractivity contribution is 9.10. The number of carbonyl (C=O) groups excluding carboxylic acids is 2. The molecule has 0 unspecified atom stereocenters. The fourth-order valence-electron chi connectivity index (χ4n) is 2.50. The molecule has 0 saturated heterocycles. The number of benzene rings is 3. The van der Waals surface area contributed by atoms with E-state index in [9.17, 15) is 9.59 Å². The zero-order valence-electron chi connectivity index (χ0n) is 13.7. The normalized spacial score (nSPS) is 10.5. The molecule has 0 aliphatic heterocycles. The largest absolute Gasteiger partial charge is 0.465 e. The molecule has 3 rings (SSSR count). The summed E-state index contributed by atoms with van der Waals surface area (Å²) >= 11 is 3.42. The molecule has 0 N–H and O–H groups in total. The van der Waals surface area contributed by atoms with Crippen LogP contribution >= 0.6 is 15.9 Å². The lowest BCUT2D eigenvalue weighted by atomic mass is 10.1. The van der Waals surface area contributed by atoms with E-state index in [-0.39, 0.29) is 11.3 Å². The monoisotopic (exact) mass is 398 g/mol. The van der Waals surface area contributed by atoms with E-state index in [4.69, 9.17) is 9.47 Å². The highest BCUT2D eigenvalue weighted by Gasteiger charge is 2.17. The van der Waals surface area contributed by atoms with Gasteiger partial charge < -0.3 is 9.47 Å². The number of fused-ring (bicyclic) bond motifs is 1. The summed E-state index contributed by atoms with van der Waals surface area (Å²) in [6.45, 7) is 1.85. The predicted molar refractivity (Wildman–Crippen MR) is 99.1 cm³/mol. The molecule has 3 aromatic rings. The van der Waals surface area contributed by atoms with Gasteiger partial charge in [-0.05, 0) is 59.7 Å². The van der Waals surface area contributed by atoms with Crippen LogP contribution in [-0.2, 0) is 4.74 Å². The van der Waals surface area contributed by atoms with E-state index in [0.717, 1.165) is 20.8 Å². The molecule has 0 radical (unpaired) electrons. The number of hydrogen-bond donors (Lipinski definition) is 0. The molecule has 126 valence electrons. The second kappa shape index (κ2) is 7.07. The molecular formula is C20H15BrO4. The smallest absolute Gasteiger partial charge is 0.343 e. The first-order valence-corrected chi connectivity index (χ1v) is 8.37. The summed E-state index contributed by atoms with van der Waals surface area (Å²) in [5.74, 6) is -0.896. The maximum absolute atomic E-state index is 12.5. The van der Waals surface area contributed by atoms with Crippen molar-refractivity contribution in [2.75, 3.05) is 7.11 Å². The summed E-state index contributed by atoms with van der Waals surface area (Å²) in [7, 11) is 1.29. The van der Waals surface area contributed by atoms with E-state index in [1.165, 1.54) is 7.11 Å². The van der Waals surface area contributed by atoms with Gasteiger partial charge in [0.15, 0.2) is 0 Å². The Balaban J connectivity index is 1.92. The highest BCUT2D eigenvalue weighted by atomic mass is 79.9. The Morgan fingerprint density at radius 3 is 2.36 bits per heavy atom. The Labute approximate surface area is 153 Å². The molecule has 0 saturated carbocycles. The van der Waals surface area contributed by atoms with Crippen LogP contribution in [0.5, 0.6) is 5.75 Å². The van der Waals surface area contributed by atoms with Crippen LogP contribution in [0.4, 0.5) is 0 Å². The van der Waals surface area contributed by atoms with Gasteiger partial charge in [-0.3, -0.25) is 0 Å². The fraction of sp³-hybridized carbons (Fsp3) is 0.100.